The molecule has 1 aromatic rings. The molecular formula is C13H23N5. The van der Waals surface area contributed by atoms with Crippen LogP contribution in [0.1, 0.15) is 24.6 Å². The van der Waals surface area contributed by atoms with Crippen molar-refractivity contribution in [2.75, 3.05) is 32.7 Å². The van der Waals surface area contributed by atoms with Gasteiger partial charge in [0.1, 0.15) is 0 Å². The minimum absolute atomic E-state index is 0.318. The molecule has 2 N–H and O–H groups in total. The van der Waals surface area contributed by atoms with Gasteiger partial charge in [-0.05, 0) is 12.8 Å². The summed E-state index contributed by atoms with van der Waals surface area (Å²) < 4.78 is 2.09. The van der Waals surface area contributed by atoms with Crippen molar-refractivity contribution in [3.8, 4) is 0 Å². The van der Waals surface area contributed by atoms with Crippen LogP contribution in [0.4, 0.5) is 0 Å². The van der Waals surface area contributed by atoms with Crippen molar-refractivity contribution in [2.45, 2.75) is 24.9 Å². The lowest BCUT2D eigenvalue weighted by Gasteiger charge is -2.39. The molecular weight excluding hydrogens is 226 g/mol. The fourth-order valence-electron chi connectivity index (χ4n) is 3.00. The van der Waals surface area contributed by atoms with Crippen LogP contribution < -0.4 is 5.73 Å². The maximum atomic E-state index is 5.97. The number of hydrogen-bond acceptors (Lipinski definition) is 4. The van der Waals surface area contributed by atoms with E-state index in [4.69, 9.17) is 5.73 Å². The van der Waals surface area contributed by atoms with E-state index in [0.29, 0.717) is 12.6 Å². The summed E-state index contributed by atoms with van der Waals surface area (Å²) in [5, 5.41) is 0. The van der Waals surface area contributed by atoms with E-state index in [1.807, 2.05) is 19.6 Å². The molecule has 1 unspecified atom stereocenters. The Morgan fingerprint density at radius 3 is 2.56 bits per heavy atom. The van der Waals surface area contributed by atoms with Crippen molar-refractivity contribution < 1.29 is 0 Å². The van der Waals surface area contributed by atoms with Crippen LogP contribution in [0.15, 0.2) is 12.5 Å². The first-order valence-corrected chi connectivity index (χ1v) is 6.94. The molecule has 1 saturated carbocycles. The van der Waals surface area contributed by atoms with Gasteiger partial charge in [-0.2, -0.15) is 0 Å². The van der Waals surface area contributed by atoms with Gasteiger partial charge >= 0.3 is 0 Å². The number of hydrogen-bond donors (Lipinski definition) is 1. The smallest absolute Gasteiger partial charge is 0.0946 e. The predicted molar refractivity (Wildman–Crippen MR) is 71.2 cm³/mol. The van der Waals surface area contributed by atoms with Gasteiger partial charge in [0, 0.05) is 52.0 Å². The fraction of sp³-hybridized carbons (Fsp3) is 0.769. The highest BCUT2D eigenvalue weighted by molar-refractivity contribution is 5.06. The van der Waals surface area contributed by atoms with Gasteiger partial charge in [0.25, 0.3) is 0 Å². The lowest BCUT2D eigenvalue weighted by Crippen LogP contribution is -2.49. The van der Waals surface area contributed by atoms with E-state index in [1.165, 1.54) is 31.6 Å². The lowest BCUT2D eigenvalue weighted by atomic mass is 10.1. The lowest BCUT2D eigenvalue weighted by molar-refractivity contribution is 0.0912. The monoisotopic (exact) mass is 249 g/mol. The number of aromatic nitrogens is 2. The van der Waals surface area contributed by atoms with Gasteiger partial charge in [0.2, 0.25) is 0 Å². The van der Waals surface area contributed by atoms with E-state index >= 15 is 0 Å². The number of aryl methyl sites for hydroxylation is 1. The molecule has 3 rings (SSSR count). The zero-order valence-electron chi connectivity index (χ0n) is 11.1. The van der Waals surface area contributed by atoms with E-state index in [2.05, 4.69) is 19.4 Å². The van der Waals surface area contributed by atoms with E-state index in [1.54, 1.807) is 0 Å². The minimum Gasteiger partial charge on any atom is -0.336 e. The van der Waals surface area contributed by atoms with Crippen LogP contribution in [-0.4, -0.2) is 58.1 Å². The molecule has 2 aliphatic rings. The van der Waals surface area contributed by atoms with E-state index < -0.39 is 0 Å². The zero-order chi connectivity index (χ0) is 12.5. The molecule has 1 aliphatic heterocycles. The third-order valence-corrected chi connectivity index (χ3v) is 4.27. The quantitative estimate of drug-likeness (QED) is 0.828. The highest BCUT2D eigenvalue weighted by Crippen LogP contribution is 2.29. The summed E-state index contributed by atoms with van der Waals surface area (Å²) >= 11 is 0. The zero-order valence-corrected chi connectivity index (χ0v) is 11.1. The summed E-state index contributed by atoms with van der Waals surface area (Å²) in [7, 11) is 2.05. The second kappa shape index (κ2) is 4.99. The SMILES string of the molecule is Cn1cncc1C(CN)N1CCN(C2CC2)CC1. The molecule has 0 radical (unpaired) electrons. The van der Waals surface area contributed by atoms with Crippen LogP contribution in [0.3, 0.4) is 0 Å². The van der Waals surface area contributed by atoms with Crippen molar-refractivity contribution >= 4 is 0 Å². The van der Waals surface area contributed by atoms with Gasteiger partial charge < -0.3 is 10.3 Å². The number of rotatable bonds is 4. The Balaban J connectivity index is 1.64. The second-order valence-corrected chi connectivity index (χ2v) is 5.48. The average molecular weight is 249 g/mol. The van der Waals surface area contributed by atoms with Crippen LogP contribution in [0.25, 0.3) is 0 Å². The summed E-state index contributed by atoms with van der Waals surface area (Å²) in [6.45, 7) is 5.31. The van der Waals surface area contributed by atoms with Crippen LogP contribution in [0.2, 0.25) is 0 Å². The Morgan fingerprint density at radius 2 is 2.06 bits per heavy atom. The summed E-state index contributed by atoms with van der Waals surface area (Å²) in [4.78, 5) is 9.35. The topological polar surface area (TPSA) is 50.3 Å². The highest BCUT2D eigenvalue weighted by Gasteiger charge is 2.33. The van der Waals surface area contributed by atoms with Crippen LogP contribution in [0, 0.1) is 0 Å². The molecule has 0 bridgehead atoms. The normalized spacial score (nSPS) is 24.3. The third-order valence-electron chi connectivity index (χ3n) is 4.27. The van der Waals surface area contributed by atoms with Crippen LogP contribution in [0.5, 0.6) is 0 Å². The molecule has 0 spiro atoms. The Kier molecular flexibility index (Phi) is 3.37. The van der Waals surface area contributed by atoms with Crippen molar-refractivity contribution in [3.63, 3.8) is 0 Å². The van der Waals surface area contributed by atoms with Crippen molar-refractivity contribution in [1.82, 2.24) is 19.4 Å². The van der Waals surface area contributed by atoms with Crippen molar-refractivity contribution in [1.29, 1.82) is 0 Å². The van der Waals surface area contributed by atoms with Crippen molar-refractivity contribution in [3.05, 3.63) is 18.2 Å². The van der Waals surface area contributed by atoms with E-state index in [-0.39, 0.29) is 0 Å². The molecule has 1 saturated heterocycles. The minimum atomic E-state index is 0.318. The molecule has 1 atom stereocenters. The first kappa shape index (κ1) is 12.1. The summed E-state index contributed by atoms with van der Waals surface area (Å²) in [6, 6.07) is 1.21. The molecule has 2 heterocycles. The number of piperazine rings is 1. The van der Waals surface area contributed by atoms with E-state index in [0.717, 1.165) is 19.1 Å². The number of nitrogens with zero attached hydrogens (tertiary/aromatic N) is 4. The predicted octanol–water partition coefficient (Wildman–Crippen LogP) is 0.200. The number of imidazole rings is 1. The number of nitrogens with two attached hydrogens (primary N) is 1. The Hall–Kier alpha value is -0.910. The molecule has 2 fully saturated rings. The van der Waals surface area contributed by atoms with Gasteiger partial charge in [0.05, 0.1) is 18.1 Å². The maximum absolute atomic E-state index is 5.97. The van der Waals surface area contributed by atoms with Crippen LogP contribution in [-0.2, 0) is 7.05 Å². The Bertz CT molecular complexity index is 390. The molecule has 100 valence electrons. The second-order valence-electron chi connectivity index (χ2n) is 5.48. The maximum Gasteiger partial charge on any atom is 0.0946 e. The van der Waals surface area contributed by atoms with Crippen molar-refractivity contribution in [2.24, 2.45) is 12.8 Å². The largest absolute Gasteiger partial charge is 0.336 e. The van der Waals surface area contributed by atoms with Gasteiger partial charge in [-0.1, -0.05) is 0 Å². The third kappa shape index (κ3) is 2.30. The summed E-state index contributed by atoms with van der Waals surface area (Å²) in [5.74, 6) is 0. The van der Waals surface area contributed by atoms with Gasteiger partial charge in [-0.15, -0.1) is 0 Å². The standard InChI is InChI=1S/C13H23N5/c1-16-10-15-9-13(16)12(8-14)18-6-4-17(5-7-18)11-2-3-11/h9-12H,2-8,14H2,1H3. The average Bonchev–Trinajstić information content (AvgIpc) is 3.16. The fourth-order valence-corrected chi connectivity index (χ4v) is 3.00. The molecule has 1 aliphatic carbocycles. The molecule has 18 heavy (non-hydrogen) atoms. The first-order valence-electron chi connectivity index (χ1n) is 6.94. The summed E-state index contributed by atoms with van der Waals surface area (Å²) in [6.07, 6.45) is 6.62. The van der Waals surface area contributed by atoms with E-state index in [9.17, 15) is 0 Å². The molecule has 1 aromatic heterocycles. The molecule has 5 nitrogen and oxygen atoms in total. The summed E-state index contributed by atoms with van der Waals surface area (Å²) in [5.41, 5.74) is 7.21. The van der Waals surface area contributed by atoms with Gasteiger partial charge in [0.15, 0.2) is 0 Å². The van der Waals surface area contributed by atoms with Gasteiger partial charge in [-0.25, -0.2) is 4.98 Å². The van der Waals surface area contributed by atoms with Crippen LogP contribution >= 0.6 is 0 Å². The first-order chi connectivity index (χ1) is 8.79. The highest BCUT2D eigenvalue weighted by atomic mass is 15.3. The Labute approximate surface area is 109 Å². The molecule has 0 aromatic carbocycles. The molecule has 5 heteroatoms. The van der Waals surface area contributed by atoms with Gasteiger partial charge in [-0.3, -0.25) is 9.80 Å². The molecule has 0 amide bonds. The Morgan fingerprint density at radius 1 is 1.33 bits per heavy atom.